The quantitative estimate of drug-likeness (QED) is 0.209. The van der Waals surface area contributed by atoms with E-state index in [2.05, 4.69) is 36.4 Å². The fraction of sp³-hybridized carbons (Fsp3) is 0.614. The topological polar surface area (TPSA) is 140 Å². The number of allylic oxidation sites excluding steroid dienone is 2. The van der Waals surface area contributed by atoms with Gasteiger partial charge in [0, 0.05) is 85.3 Å². The molecule has 0 radical (unpaired) electrons. The smallest absolute Gasteiger partial charge is 0.251 e. The molecule has 5 aliphatic rings. The third kappa shape index (κ3) is 8.92. The molecule has 312 valence electrons. The molecule has 7 rings (SSSR count). The lowest BCUT2D eigenvalue weighted by molar-refractivity contribution is -0.183. The van der Waals surface area contributed by atoms with Crippen LogP contribution in [0.4, 0.5) is 4.39 Å². The molecule has 10 atom stereocenters. The third-order valence-electron chi connectivity index (χ3n) is 13.3. The molecule has 2 amide bonds. The van der Waals surface area contributed by atoms with Crippen LogP contribution in [0.1, 0.15) is 69.7 Å². The van der Waals surface area contributed by atoms with Crippen molar-refractivity contribution in [2.75, 3.05) is 48.5 Å². The summed E-state index contributed by atoms with van der Waals surface area (Å²) in [6.45, 7) is 8.40. The number of aliphatic hydroxyl groups is 2. The van der Waals surface area contributed by atoms with Gasteiger partial charge in [0.25, 0.3) is 5.91 Å². The molecular weight excluding hydrogens is 728 g/mol. The first-order chi connectivity index (χ1) is 27.0. The van der Waals surface area contributed by atoms with Gasteiger partial charge in [-0.1, -0.05) is 39.0 Å². The van der Waals surface area contributed by atoms with Crippen LogP contribution in [-0.2, 0) is 27.4 Å². The molecule has 2 heterocycles. The summed E-state index contributed by atoms with van der Waals surface area (Å²) in [5.74, 6) is -0.633. The number of nitrogens with zero attached hydrogens (tertiary/aromatic N) is 4. The van der Waals surface area contributed by atoms with Gasteiger partial charge in [-0.15, -0.1) is 0 Å². The van der Waals surface area contributed by atoms with E-state index < -0.39 is 36.6 Å². The van der Waals surface area contributed by atoms with Gasteiger partial charge in [0.1, 0.15) is 23.7 Å². The third-order valence-corrected chi connectivity index (χ3v) is 13.3. The SMILES string of the molecule is COc1c(C2C=C(C(=O)N[C@@H](Cc3ccccn3)CN(C)C)C=C(N(C)C)C2)ccc(F)c1CN1O[C@@H](CO)[C@@H]([C@H](C)O)[C@H]1C(=O)N[C@H]1C[C@H]2C[C@@H]([C@@H]1C)C2(C)C. The number of likely N-dealkylation sites (N-methyl/N-ethyl adjacent to an activating group) is 1. The van der Waals surface area contributed by atoms with Crippen LogP contribution in [0.25, 0.3) is 0 Å². The number of carbonyl (C=O) groups excluding carboxylic acids is 2. The number of hydrogen-bond acceptors (Lipinski definition) is 10. The van der Waals surface area contributed by atoms with Crippen molar-refractivity contribution in [3.63, 3.8) is 0 Å². The van der Waals surface area contributed by atoms with E-state index in [1.165, 1.54) is 18.2 Å². The maximum Gasteiger partial charge on any atom is 0.251 e. The van der Waals surface area contributed by atoms with Crippen molar-refractivity contribution < 1.29 is 33.8 Å². The summed E-state index contributed by atoms with van der Waals surface area (Å²) in [6.07, 6.45) is 6.79. The molecule has 1 unspecified atom stereocenters. The highest BCUT2D eigenvalue weighted by molar-refractivity contribution is 5.97. The van der Waals surface area contributed by atoms with Crippen LogP contribution >= 0.6 is 0 Å². The van der Waals surface area contributed by atoms with Gasteiger partial charge in [0.05, 0.1) is 26.4 Å². The standard InChI is InChI=1S/C44H63FN6O6/c1-25-35-19-29(44(35,3)4)20-37(25)48-43(55)40-39(26(2)53)38(24-52)57-51(40)23-34-36(45)14-13-33(41(34)56-9)27-16-28(18-32(17-27)50(7)8)42(54)47-31(22-49(5)6)21-30-12-10-11-15-46-30/h10-16,18,25-27,29,31,35,37-40,52-53H,17,19-24H2,1-9H3,(H,47,54)(H,48,55)/t25-,26-,27?,29+,31-,35-,37-,38-,39+,40-/m0/s1. The second kappa shape index (κ2) is 17.5. The molecule has 1 saturated heterocycles. The highest BCUT2D eigenvalue weighted by Gasteiger charge is 2.57. The van der Waals surface area contributed by atoms with Crippen molar-refractivity contribution in [1.29, 1.82) is 0 Å². The molecule has 12 nitrogen and oxygen atoms in total. The largest absolute Gasteiger partial charge is 0.496 e. The minimum atomic E-state index is -0.997. The predicted molar refractivity (Wildman–Crippen MR) is 216 cm³/mol. The highest BCUT2D eigenvalue weighted by Crippen LogP contribution is 2.61. The molecule has 3 saturated carbocycles. The summed E-state index contributed by atoms with van der Waals surface area (Å²) in [5, 5.41) is 29.2. The first kappa shape index (κ1) is 42.7. The van der Waals surface area contributed by atoms with Gasteiger partial charge in [-0.3, -0.25) is 19.4 Å². The Morgan fingerprint density at radius 2 is 1.91 bits per heavy atom. The van der Waals surface area contributed by atoms with E-state index in [9.17, 15) is 19.8 Å². The van der Waals surface area contributed by atoms with E-state index in [4.69, 9.17) is 9.57 Å². The van der Waals surface area contributed by atoms with Crippen LogP contribution in [0.5, 0.6) is 5.75 Å². The highest BCUT2D eigenvalue weighted by atomic mass is 19.1. The van der Waals surface area contributed by atoms with Gasteiger partial charge in [-0.2, -0.15) is 5.06 Å². The first-order valence-corrected chi connectivity index (χ1v) is 20.4. The monoisotopic (exact) mass is 790 g/mol. The molecule has 1 aliphatic heterocycles. The average Bonchev–Trinajstić information content (AvgIpc) is 3.54. The summed E-state index contributed by atoms with van der Waals surface area (Å²) in [6, 6.07) is 7.58. The Balaban J connectivity index is 1.28. The molecule has 0 spiro atoms. The molecule has 2 bridgehead atoms. The number of aliphatic hydroxyl groups excluding tert-OH is 2. The number of hydrogen-bond donors (Lipinski definition) is 4. The maximum atomic E-state index is 16.1. The van der Waals surface area contributed by atoms with Gasteiger partial charge in [0.15, 0.2) is 0 Å². The van der Waals surface area contributed by atoms with E-state index in [0.29, 0.717) is 42.4 Å². The predicted octanol–water partition coefficient (Wildman–Crippen LogP) is 4.04. The first-order valence-electron chi connectivity index (χ1n) is 20.4. The number of amides is 2. The molecule has 13 heteroatoms. The summed E-state index contributed by atoms with van der Waals surface area (Å²) in [4.78, 5) is 43.0. The molecule has 4 aliphatic carbocycles. The average molecular weight is 791 g/mol. The Hall–Kier alpha value is -3.88. The molecule has 4 N–H and O–H groups in total. The molecule has 4 fully saturated rings. The van der Waals surface area contributed by atoms with E-state index >= 15 is 4.39 Å². The van der Waals surface area contributed by atoms with Crippen LogP contribution < -0.4 is 15.4 Å². The zero-order chi connectivity index (χ0) is 41.3. The van der Waals surface area contributed by atoms with Crippen molar-refractivity contribution in [2.45, 2.75) is 96.2 Å². The Bertz CT molecular complexity index is 1820. The van der Waals surface area contributed by atoms with Crippen molar-refractivity contribution >= 4 is 11.8 Å². The zero-order valence-corrected chi connectivity index (χ0v) is 35.0. The number of benzene rings is 1. The van der Waals surface area contributed by atoms with Gasteiger partial charge < -0.3 is 35.4 Å². The van der Waals surface area contributed by atoms with E-state index in [1.54, 1.807) is 19.2 Å². The van der Waals surface area contributed by atoms with E-state index in [1.807, 2.05) is 68.3 Å². The van der Waals surface area contributed by atoms with Gasteiger partial charge in [0.2, 0.25) is 5.91 Å². The fourth-order valence-electron chi connectivity index (χ4n) is 10.0. The summed E-state index contributed by atoms with van der Waals surface area (Å²) in [5.41, 5.74) is 3.36. The van der Waals surface area contributed by atoms with Gasteiger partial charge in [-0.05, 0) is 87.7 Å². The van der Waals surface area contributed by atoms with Crippen molar-refractivity contribution in [2.24, 2.45) is 29.1 Å². The minimum absolute atomic E-state index is 0.0369. The normalized spacial score (nSPS) is 29.1. The number of methoxy groups -OCH3 is 1. The Kier molecular flexibility index (Phi) is 13.1. The summed E-state index contributed by atoms with van der Waals surface area (Å²) >= 11 is 0. The lowest BCUT2D eigenvalue weighted by atomic mass is 9.45. The van der Waals surface area contributed by atoms with E-state index in [0.717, 1.165) is 24.2 Å². The van der Waals surface area contributed by atoms with E-state index in [-0.39, 0.29) is 59.0 Å². The number of hydroxylamine groups is 2. The Labute approximate surface area is 337 Å². The molecular formula is C44H63FN6O6. The zero-order valence-electron chi connectivity index (χ0n) is 35.0. The van der Waals surface area contributed by atoms with Gasteiger partial charge in [-0.25, -0.2) is 4.39 Å². The molecule has 1 aromatic heterocycles. The van der Waals surface area contributed by atoms with Crippen LogP contribution in [0.15, 0.2) is 60.0 Å². The number of fused-ring (bicyclic) bond motifs is 2. The van der Waals surface area contributed by atoms with Gasteiger partial charge >= 0.3 is 0 Å². The maximum absolute atomic E-state index is 16.1. The van der Waals surface area contributed by atoms with Crippen molar-refractivity contribution in [3.05, 3.63) is 82.6 Å². The number of rotatable bonds is 15. The van der Waals surface area contributed by atoms with Crippen LogP contribution in [0.2, 0.25) is 0 Å². The fourth-order valence-corrected chi connectivity index (χ4v) is 10.0. The molecule has 1 aromatic carbocycles. The number of halogens is 1. The number of ether oxygens (including phenoxy) is 1. The van der Waals surface area contributed by atoms with Crippen LogP contribution in [-0.4, -0.2) is 121 Å². The number of pyridine rings is 1. The lowest BCUT2D eigenvalue weighted by Gasteiger charge is -2.62. The van der Waals surface area contributed by atoms with Crippen molar-refractivity contribution in [3.8, 4) is 5.75 Å². The number of aromatic nitrogens is 1. The number of nitrogens with one attached hydrogen (secondary N) is 2. The van der Waals surface area contributed by atoms with Crippen molar-refractivity contribution in [1.82, 2.24) is 30.5 Å². The molecule has 57 heavy (non-hydrogen) atoms. The summed E-state index contributed by atoms with van der Waals surface area (Å²) in [7, 11) is 9.27. The number of carbonyl (C=O) groups is 2. The lowest BCUT2D eigenvalue weighted by Crippen LogP contribution is -2.62. The molecule has 2 aromatic rings. The Morgan fingerprint density at radius 3 is 2.51 bits per heavy atom. The van der Waals surface area contributed by atoms with Crippen LogP contribution in [0.3, 0.4) is 0 Å². The summed E-state index contributed by atoms with van der Waals surface area (Å²) < 4.78 is 22.1. The second-order valence-electron chi connectivity index (χ2n) is 17.8. The minimum Gasteiger partial charge on any atom is -0.496 e. The Morgan fingerprint density at radius 1 is 1.16 bits per heavy atom. The second-order valence-corrected chi connectivity index (χ2v) is 17.8. The van der Waals surface area contributed by atoms with Crippen LogP contribution in [0, 0.1) is 34.9 Å².